The third-order valence-electron chi connectivity index (χ3n) is 2.79. The van der Waals surface area contributed by atoms with Crippen LogP contribution in [0.15, 0.2) is 30.5 Å². The third-order valence-corrected chi connectivity index (χ3v) is 2.79. The summed E-state index contributed by atoms with van der Waals surface area (Å²) in [5.41, 5.74) is 1.09. The lowest BCUT2D eigenvalue weighted by atomic mass is 10.2. The molecule has 0 fully saturated rings. The van der Waals surface area contributed by atoms with E-state index in [1.807, 2.05) is 45.0 Å². The Hall–Kier alpha value is -2.30. The van der Waals surface area contributed by atoms with Crippen molar-refractivity contribution < 1.29 is 14.6 Å². The fourth-order valence-corrected chi connectivity index (χ4v) is 1.85. The number of hydrogen-bond acceptors (Lipinski definition) is 3. The lowest BCUT2D eigenvalue weighted by molar-refractivity contribution is 0.0682. The molecule has 0 spiro atoms. The van der Waals surface area contributed by atoms with E-state index in [4.69, 9.17) is 9.84 Å². The lowest BCUT2D eigenvalue weighted by Crippen LogP contribution is -2.11. The Bertz CT molecular complexity index is 602. The summed E-state index contributed by atoms with van der Waals surface area (Å²) < 4.78 is 7.29. The Morgan fingerprint density at radius 2 is 2.05 bits per heavy atom. The highest BCUT2D eigenvalue weighted by molar-refractivity contribution is 5.85. The Morgan fingerprint density at radius 1 is 1.37 bits per heavy atom. The van der Waals surface area contributed by atoms with Crippen molar-refractivity contribution in [1.82, 2.24) is 9.55 Å². The number of para-hydroxylation sites is 1. The minimum Gasteiger partial charge on any atom is -0.477 e. The molecule has 0 aliphatic rings. The molecule has 0 bridgehead atoms. The van der Waals surface area contributed by atoms with Crippen LogP contribution in [-0.4, -0.2) is 20.6 Å². The summed E-state index contributed by atoms with van der Waals surface area (Å²) in [4.78, 5) is 15.2. The van der Waals surface area contributed by atoms with E-state index in [-0.39, 0.29) is 11.7 Å². The predicted molar refractivity (Wildman–Crippen MR) is 70.8 cm³/mol. The topological polar surface area (TPSA) is 64.3 Å². The van der Waals surface area contributed by atoms with Gasteiger partial charge in [0.1, 0.15) is 11.4 Å². The first-order chi connectivity index (χ1) is 9.00. The SMILES string of the molecule is Cc1ccccc1Oc1ncc(C(=O)O)n1C(C)C. The number of carboxylic acid groups (broad SMARTS) is 1. The van der Waals surface area contributed by atoms with E-state index in [0.29, 0.717) is 11.8 Å². The van der Waals surface area contributed by atoms with Gasteiger partial charge in [0.25, 0.3) is 0 Å². The molecule has 2 aromatic rings. The zero-order valence-corrected chi connectivity index (χ0v) is 11.1. The van der Waals surface area contributed by atoms with Gasteiger partial charge in [-0.3, -0.25) is 4.57 Å². The second-order valence-corrected chi connectivity index (χ2v) is 4.56. The monoisotopic (exact) mass is 260 g/mol. The van der Waals surface area contributed by atoms with Crippen molar-refractivity contribution in [3.8, 4) is 11.8 Å². The van der Waals surface area contributed by atoms with Crippen molar-refractivity contribution in [3.05, 3.63) is 41.7 Å². The molecule has 5 nitrogen and oxygen atoms in total. The quantitative estimate of drug-likeness (QED) is 0.916. The van der Waals surface area contributed by atoms with E-state index in [0.717, 1.165) is 5.56 Å². The van der Waals surface area contributed by atoms with Crippen molar-refractivity contribution in [2.45, 2.75) is 26.8 Å². The van der Waals surface area contributed by atoms with Gasteiger partial charge >= 0.3 is 12.0 Å². The highest BCUT2D eigenvalue weighted by atomic mass is 16.5. The highest BCUT2D eigenvalue weighted by Crippen LogP contribution is 2.27. The molecule has 0 saturated heterocycles. The van der Waals surface area contributed by atoms with Crippen LogP contribution >= 0.6 is 0 Å². The third kappa shape index (κ3) is 2.59. The van der Waals surface area contributed by atoms with Crippen LogP contribution in [0.3, 0.4) is 0 Å². The number of carbonyl (C=O) groups is 1. The first-order valence-electron chi connectivity index (χ1n) is 6.04. The molecule has 1 N–H and O–H groups in total. The number of imidazole rings is 1. The Balaban J connectivity index is 2.41. The van der Waals surface area contributed by atoms with Gasteiger partial charge in [-0.1, -0.05) is 18.2 Å². The summed E-state index contributed by atoms with van der Waals surface area (Å²) in [7, 11) is 0. The Morgan fingerprint density at radius 3 is 2.63 bits per heavy atom. The number of aryl methyl sites for hydroxylation is 1. The van der Waals surface area contributed by atoms with E-state index < -0.39 is 5.97 Å². The maximum Gasteiger partial charge on any atom is 0.354 e. The summed E-state index contributed by atoms with van der Waals surface area (Å²) >= 11 is 0. The van der Waals surface area contributed by atoms with E-state index in [9.17, 15) is 4.79 Å². The van der Waals surface area contributed by atoms with Crippen LogP contribution in [0.5, 0.6) is 11.8 Å². The van der Waals surface area contributed by atoms with Gasteiger partial charge in [-0.2, -0.15) is 0 Å². The van der Waals surface area contributed by atoms with Gasteiger partial charge < -0.3 is 9.84 Å². The molecule has 0 radical (unpaired) electrons. The number of rotatable bonds is 4. The van der Waals surface area contributed by atoms with Crippen LogP contribution in [-0.2, 0) is 0 Å². The zero-order chi connectivity index (χ0) is 14.0. The fourth-order valence-electron chi connectivity index (χ4n) is 1.85. The number of nitrogens with zero attached hydrogens (tertiary/aromatic N) is 2. The zero-order valence-electron chi connectivity index (χ0n) is 11.1. The van der Waals surface area contributed by atoms with Crippen LogP contribution in [0.25, 0.3) is 0 Å². The van der Waals surface area contributed by atoms with E-state index in [1.54, 1.807) is 4.57 Å². The van der Waals surface area contributed by atoms with Gasteiger partial charge in [-0.25, -0.2) is 9.78 Å². The molecule has 1 aromatic heterocycles. The molecule has 0 atom stereocenters. The number of hydrogen-bond donors (Lipinski definition) is 1. The second kappa shape index (κ2) is 5.14. The minimum absolute atomic E-state index is 0.0485. The van der Waals surface area contributed by atoms with E-state index in [2.05, 4.69) is 4.98 Å². The van der Waals surface area contributed by atoms with Gasteiger partial charge in [0.15, 0.2) is 0 Å². The van der Waals surface area contributed by atoms with Crippen LogP contribution in [0.2, 0.25) is 0 Å². The summed E-state index contributed by atoms with van der Waals surface area (Å²) in [6, 6.07) is 7.78. The molecule has 0 aliphatic heterocycles. The molecule has 0 unspecified atom stereocenters. The summed E-state index contributed by atoms with van der Waals surface area (Å²) in [5.74, 6) is -0.340. The molecular formula is C14H16N2O3. The Kier molecular flexibility index (Phi) is 3.55. The molecule has 1 heterocycles. The standard InChI is InChI=1S/C14H16N2O3/c1-9(2)16-11(13(17)18)8-15-14(16)19-12-7-5-4-6-10(12)3/h4-9H,1-3H3,(H,17,18). The van der Waals surface area contributed by atoms with Crippen molar-refractivity contribution in [2.75, 3.05) is 0 Å². The smallest absolute Gasteiger partial charge is 0.354 e. The summed E-state index contributed by atoms with van der Waals surface area (Å²) in [6.45, 7) is 5.70. The second-order valence-electron chi connectivity index (χ2n) is 4.56. The molecule has 0 aliphatic carbocycles. The van der Waals surface area contributed by atoms with Crippen LogP contribution in [0, 0.1) is 6.92 Å². The first-order valence-corrected chi connectivity index (χ1v) is 6.04. The first kappa shape index (κ1) is 13.1. The average Bonchev–Trinajstić information content (AvgIpc) is 2.76. The molecule has 0 saturated carbocycles. The number of aromatic nitrogens is 2. The average molecular weight is 260 g/mol. The van der Waals surface area contributed by atoms with Crippen molar-refractivity contribution >= 4 is 5.97 Å². The van der Waals surface area contributed by atoms with E-state index >= 15 is 0 Å². The Labute approximate surface area is 111 Å². The molecule has 19 heavy (non-hydrogen) atoms. The lowest BCUT2D eigenvalue weighted by Gasteiger charge is -2.14. The van der Waals surface area contributed by atoms with Gasteiger partial charge in [0, 0.05) is 6.04 Å². The van der Waals surface area contributed by atoms with Crippen LogP contribution in [0.4, 0.5) is 0 Å². The minimum atomic E-state index is -1.01. The van der Waals surface area contributed by atoms with Crippen LogP contribution in [0.1, 0.15) is 35.9 Å². The van der Waals surface area contributed by atoms with Crippen molar-refractivity contribution in [2.24, 2.45) is 0 Å². The van der Waals surface area contributed by atoms with Crippen LogP contribution < -0.4 is 4.74 Å². The molecule has 2 rings (SSSR count). The molecule has 0 amide bonds. The maximum absolute atomic E-state index is 11.1. The number of benzene rings is 1. The summed E-state index contributed by atoms with van der Waals surface area (Å²) in [5, 5.41) is 9.13. The van der Waals surface area contributed by atoms with Gasteiger partial charge in [-0.15, -0.1) is 0 Å². The van der Waals surface area contributed by atoms with E-state index in [1.165, 1.54) is 6.20 Å². The normalized spacial score (nSPS) is 10.7. The molecule has 100 valence electrons. The largest absolute Gasteiger partial charge is 0.477 e. The van der Waals surface area contributed by atoms with Crippen molar-refractivity contribution in [3.63, 3.8) is 0 Å². The van der Waals surface area contributed by atoms with Gasteiger partial charge in [-0.05, 0) is 32.4 Å². The number of carboxylic acids is 1. The molecular weight excluding hydrogens is 244 g/mol. The highest BCUT2D eigenvalue weighted by Gasteiger charge is 2.19. The fraction of sp³-hybridized carbons (Fsp3) is 0.286. The van der Waals surface area contributed by atoms with Gasteiger partial charge in [0.2, 0.25) is 0 Å². The van der Waals surface area contributed by atoms with Crippen molar-refractivity contribution in [1.29, 1.82) is 0 Å². The predicted octanol–water partition coefficient (Wildman–Crippen LogP) is 3.26. The summed E-state index contributed by atoms with van der Waals surface area (Å²) in [6.07, 6.45) is 1.32. The maximum atomic E-state index is 11.1. The number of ether oxygens (including phenoxy) is 1. The molecule has 1 aromatic carbocycles. The number of aromatic carboxylic acids is 1. The van der Waals surface area contributed by atoms with Gasteiger partial charge in [0.05, 0.1) is 6.20 Å². The molecule has 5 heteroatoms.